The molecule has 6 heteroatoms. The van der Waals surface area contributed by atoms with Crippen LogP contribution in [0.15, 0.2) is 118 Å². The molecule has 36 heavy (non-hydrogen) atoms. The lowest BCUT2D eigenvalue weighted by Crippen LogP contribution is -2.18. The maximum Gasteiger partial charge on any atom is 0.332 e. The molecule has 0 saturated heterocycles. The first-order valence-corrected chi connectivity index (χ1v) is 12.1. The summed E-state index contributed by atoms with van der Waals surface area (Å²) in [5.41, 5.74) is 3.23. The molecule has 0 bridgehead atoms. The molecule has 0 fully saturated rings. The topological polar surface area (TPSA) is 72.8 Å². The van der Waals surface area contributed by atoms with Gasteiger partial charge in [0.1, 0.15) is 0 Å². The molecular formula is C30H23NO4S. The first-order valence-electron chi connectivity index (χ1n) is 11.3. The number of oxime groups is 1. The van der Waals surface area contributed by atoms with Crippen LogP contribution >= 0.6 is 11.8 Å². The van der Waals surface area contributed by atoms with Crippen molar-refractivity contribution in [3.63, 3.8) is 0 Å². The van der Waals surface area contributed by atoms with Crippen LogP contribution in [0.3, 0.4) is 0 Å². The van der Waals surface area contributed by atoms with Gasteiger partial charge in [0, 0.05) is 39.0 Å². The van der Waals surface area contributed by atoms with Gasteiger partial charge in [0.15, 0.2) is 11.5 Å². The van der Waals surface area contributed by atoms with E-state index < -0.39 is 5.97 Å². The Labute approximate surface area is 213 Å². The van der Waals surface area contributed by atoms with Crippen molar-refractivity contribution in [2.75, 3.05) is 0 Å². The number of carbonyl (C=O) groups is 3. The molecule has 0 atom stereocenters. The highest BCUT2D eigenvalue weighted by molar-refractivity contribution is 7.99. The van der Waals surface area contributed by atoms with E-state index in [2.05, 4.69) is 5.16 Å². The first kappa shape index (κ1) is 24.8. The van der Waals surface area contributed by atoms with Crippen LogP contribution in [0, 0.1) is 6.92 Å². The van der Waals surface area contributed by atoms with Crippen molar-refractivity contribution in [2.45, 2.75) is 23.6 Å². The van der Waals surface area contributed by atoms with E-state index in [0.717, 1.165) is 15.4 Å². The Hall–Kier alpha value is -4.29. The molecule has 4 aromatic carbocycles. The zero-order chi connectivity index (χ0) is 25.5. The summed E-state index contributed by atoms with van der Waals surface area (Å²) in [4.78, 5) is 43.9. The number of ketones is 2. The Morgan fingerprint density at radius 3 is 1.78 bits per heavy atom. The van der Waals surface area contributed by atoms with Gasteiger partial charge in [-0.25, -0.2) is 4.79 Å². The number of carbonyl (C=O) groups excluding carboxylic acids is 3. The predicted molar refractivity (Wildman–Crippen MR) is 141 cm³/mol. The molecule has 0 N–H and O–H groups in total. The average molecular weight is 494 g/mol. The monoisotopic (exact) mass is 493 g/mol. The van der Waals surface area contributed by atoms with Crippen molar-refractivity contribution in [1.82, 2.24) is 0 Å². The number of rotatable bonds is 8. The lowest BCUT2D eigenvalue weighted by Gasteiger charge is -2.09. The molecule has 0 unspecified atom stereocenters. The fourth-order valence-corrected chi connectivity index (χ4v) is 4.36. The highest BCUT2D eigenvalue weighted by Crippen LogP contribution is 2.28. The number of Topliss-reactive ketones (excluding diaryl/α,β-unsaturated/α-hetero) is 1. The maximum atomic E-state index is 13.2. The van der Waals surface area contributed by atoms with Crippen LogP contribution in [-0.2, 0) is 9.63 Å². The third-order valence-corrected chi connectivity index (χ3v) is 6.40. The van der Waals surface area contributed by atoms with Crippen molar-refractivity contribution in [3.05, 3.63) is 131 Å². The average Bonchev–Trinajstić information content (AvgIpc) is 2.90. The van der Waals surface area contributed by atoms with E-state index in [1.165, 1.54) is 18.7 Å². The zero-order valence-electron chi connectivity index (χ0n) is 19.8. The summed E-state index contributed by atoms with van der Waals surface area (Å²) in [6, 6.07) is 31.1. The minimum atomic E-state index is -0.600. The minimum Gasteiger partial charge on any atom is -0.318 e. The van der Waals surface area contributed by atoms with Gasteiger partial charge in [0.25, 0.3) is 0 Å². The van der Waals surface area contributed by atoms with E-state index in [-0.39, 0.29) is 17.3 Å². The smallest absolute Gasteiger partial charge is 0.318 e. The van der Waals surface area contributed by atoms with Gasteiger partial charge in [-0.2, -0.15) is 0 Å². The Balaban J connectivity index is 1.49. The van der Waals surface area contributed by atoms with Crippen LogP contribution in [-0.4, -0.2) is 23.2 Å². The van der Waals surface area contributed by atoms with Gasteiger partial charge < -0.3 is 4.84 Å². The Morgan fingerprint density at radius 2 is 1.19 bits per heavy atom. The first-order chi connectivity index (χ1) is 17.4. The van der Waals surface area contributed by atoms with Crippen molar-refractivity contribution < 1.29 is 19.2 Å². The van der Waals surface area contributed by atoms with E-state index in [0.29, 0.717) is 22.3 Å². The Morgan fingerprint density at radius 1 is 0.667 bits per heavy atom. The van der Waals surface area contributed by atoms with Crippen molar-refractivity contribution >= 4 is 35.0 Å². The number of nitrogens with zero attached hydrogens (tertiary/aromatic N) is 1. The summed E-state index contributed by atoms with van der Waals surface area (Å²) in [5.74, 6) is -0.960. The van der Waals surface area contributed by atoms with E-state index >= 15 is 0 Å². The fraction of sp³-hybridized carbons (Fsp3) is 0.0667. The van der Waals surface area contributed by atoms with Crippen molar-refractivity contribution in [2.24, 2.45) is 5.16 Å². The highest BCUT2D eigenvalue weighted by atomic mass is 32.2. The highest BCUT2D eigenvalue weighted by Gasteiger charge is 2.19. The molecular weight excluding hydrogens is 470 g/mol. The van der Waals surface area contributed by atoms with Crippen molar-refractivity contribution in [3.8, 4) is 0 Å². The molecule has 0 heterocycles. The second-order valence-corrected chi connectivity index (χ2v) is 9.16. The molecule has 0 saturated carbocycles. The number of hydrogen-bond donors (Lipinski definition) is 0. The van der Waals surface area contributed by atoms with Gasteiger partial charge in [0.2, 0.25) is 5.78 Å². The molecule has 0 aliphatic carbocycles. The molecule has 0 spiro atoms. The second kappa shape index (κ2) is 11.4. The molecule has 4 rings (SSSR count). The molecule has 178 valence electrons. The fourth-order valence-electron chi connectivity index (χ4n) is 3.54. The van der Waals surface area contributed by atoms with E-state index in [1.807, 2.05) is 73.7 Å². The Bertz CT molecular complexity index is 1430. The van der Waals surface area contributed by atoms with Gasteiger partial charge in [-0.1, -0.05) is 71.5 Å². The van der Waals surface area contributed by atoms with Gasteiger partial charge in [0.05, 0.1) is 0 Å². The third-order valence-electron chi connectivity index (χ3n) is 5.39. The maximum absolute atomic E-state index is 13.2. The molecule has 0 aliphatic rings. The molecule has 0 radical (unpaired) electrons. The van der Waals surface area contributed by atoms with Crippen LogP contribution in [0.4, 0.5) is 0 Å². The predicted octanol–water partition coefficient (Wildman–Crippen LogP) is 6.53. The lowest BCUT2D eigenvalue weighted by atomic mass is 9.97. The molecule has 5 nitrogen and oxygen atoms in total. The molecule has 0 aliphatic heterocycles. The zero-order valence-corrected chi connectivity index (χ0v) is 20.6. The van der Waals surface area contributed by atoms with Gasteiger partial charge in [-0.05, 0) is 61.0 Å². The molecule has 0 aromatic heterocycles. The number of benzene rings is 4. The Kier molecular flexibility index (Phi) is 7.88. The summed E-state index contributed by atoms with van der Waals surface area (Å²) in [6.45, 7) is 3.10. The minimum absolute atomic E-state index is 0.0186. The summed E-state index contributed by atoms with van der Waals surface area (Å²) >= 11 is 1.52. The second-order valence-electron chi connectivity index (χ2n) is 8.01. The van der Waals surface area contributed by atoms with E-state index in [4.69, 9.17) is 4.84 Å². The van der Waals surface area contributed by atoms with E-state index in [9.17, 15) is 14.4 Å². The van der Waals surface area contributed by atoms with Crippen LogP contribution in [0.5, 0.6) is 0 Å². The van der Waals surface area contributed by atoms with Crippen LogP contribution < -0.4 is 0 Å². The summed E-state index contributed by atoms with van der Waals surface area (Å²) in [6.07, 6.45) is 0. The normalized spacial score (nSPS) is 11.1. The summed E-state index contributed by atoms with van der Waals surface area (Å²) in [5, 5.41) is 3.85. The SMILES string of the molecule is CC(=O)ON=C(C(=O)c1ccc(Sc2ccc(C(=O)c3ccccc3)cc2)cc1)c1ccccc1C. The van der Waals surface area contributed by atoms with Crippen molar-refractivity contribution in [1.29, 1.82) is 0 Å². The molecule has 0 amide bonds. The van der Waals surface area contributed by atoms with Crippen LogP contribution in [0.1, 0.15) is 44.3 Å². The standard InChI is InChI=1S/C30H23NO4S/c1-20-8-6-7-11-27(20)28(31-35-21(2)32)30(34)24-14-18-26(19-15-24)36-25-16-12-23(13-17-25)29(33)22-9-4-3-5-10-22/h3-19H,1-2H3. The number of hydrogen-bond acceptors (Lipinski definition) is 6. The summed E-state index contributed by atoms with van der Waals surface area (Å²) in [7, 11) is 0. The van der Waals surface area contributed by atoms with Gasteiger partial charge >= 0.3 is 5.97 Å². The lowest BCUT2D eigenvalue weighted by molar-refractivity contribution is -0.140. The van der Waals surface area contributed by atoms with Gasteiger partial charge in [-0.15, -0.1) is 0 Å². The quantitative estimate of drug-likeness (QED) is 0.121. The van der Waals surface area contributed by atoms with Crippen LogP contribution in [0.25, 0.3) is 0 Å². The molecule has 4 aromatic rings. The van der Waals surface area contributed by atoms with E-state index in [1.54, 1.807) is 36.4 Å². The third kappa shape index (κ3) is 6.03. The van der Waals surface area contributed by atoms with Gasteiger partial charge in [-0.3, -0.25) is 9.59 Å². The van der Waals surface area contributed by atoms with Crippen LogP contribution in [0.2, 0.25) is 0 Å². The largest absolute Gasteiger partial charge is 0.332 e. The summed E-state index contributed by atoms with van der Waals surface area (Å²) < 4.78 is 0. The number of aryl methyl sites for hydroxylation is 1.